The molecule has 12 heavy (non-hydrogen) atoms. The molecule has 2 unspecified atom stereocenters. The van der Waals surface area contributed by atoms with Crippen LogP contribution in [-0.4, -0.2) is 34.8 Å². The summed E-state index contributed by atoms with van der Waals surface area (Å²) >= 11 is 0. The van der Waals surface area contributed by atoms with Gasteiger partial charge in [-0.15, -0.1) is 0 Å². The summed E-state index contributed by atoms with van der Waals surface area (Å²) in [5.74, 6) is 0. The molecule has 3 rings (SSSR count). The van der Waals surface area contributed by atoms with E-state index in [-0.39, 0.29) is 12.3 Å². The number of hydrazone groups is 2. The lowest BCUT2D eigenvalue weighted by atomic mass is 10.3. The molecule has 6 nitrogen and oxygen atoms in total. The minimum absolute atomic E-state index is 0.150. The van der Waals surface area contributed by atoms with Gasteiger partial charge < -0.3 is 9.80 Å². The van der Waals surface area contributed by atoms with E-state index in [1.165, 1.54) is 0 Å². The maximum Gasteiger partial charge on any atom is 0.161 e. The molecule has 0 bridgehead atoms. The van der Waals surface area contributed by atoms with E-state index in [0.717, 1.165) is 0 Å². The predicted octanol–water partition coefficient (Wildman–Crippen LogP) is -1.18. The second kappa shape index (κ2) is 1.90. The maximum atomic E-state index is 3.97. The SMILES string of the molecule is C1=CN2C=NNC2C2NN=CN12. The molecule has 0 aromatic carbocycles. The Kier molecular flexibility index (Phi) is 0.931. The number of fused-ring (bicyclic) bond motifs is 3. The molecule has 6 heteroatoms. The Morgan fingerprint density at radius 2 is 1.42 bits per heavy atom. The number of hydrogen-bond acceptors (Lipinski definition) is 6. The van der Waals surface area contributed by atoms with Crippen molar-refractivity contribution < 1.29 is 0 Å². The lowest BCUT2D eigenvalue weighted by Crippen LogP contribution is -2.56. The zero-order valence-electron chi connectivity index (χ0n) is 6.25. The summed E-state index contributed by atoms with van der Waals surface area (Å²) in [5.41, 5.74) is 5.98. The summed E-state index contributed by atoms with van der Waals surface area (Å²) in [4.78, 5) is 4.01. The molecule has 0 fully saturated rings. The van der Waals surface area contributed by atoms with Crippen LogP contribution in [0.1, 0.15) is 0 Å². The van der Waals surface area contributed by atoms with Crippen LogP contribution in [0.15, 0.2) is 22.6 Å². The highest BCUT2D eigenvalue weighted by molar-refractivity contribution is 5.63. The molecule has 0 radical (unpaired) electrons. The van der Waals surface area contributed by atoms with Crippen LogP contribution in [0.25, 0.3) is 0 Å². The van der Waals surface area contributed by atoms with Crippen molar-refractivity contribution in [3.8, 4) is 0 Å². The van der Waals surface area contributed by atoms with Crippen LogP contribution in [0.4, 0.5) is 0 Å². The summed E-state index contributed by atoms with van der Waals surface area (Å²) in [5, 5.41) is 7.93. The molecule has 0 amide bonds. The lowest BCUT2D eigenvalue weighted by Gasteiger charge is -2.34. The first-order valence-corrected chi connectivity index (χ1v) is 3.76. The molecule has 0 spiro atoms. The summed E-state index contributed by atoms with van der Waals surface area (Å²) < 4.78 is 0. The zero-order chi connectivity index (χ0) is 7.97. The van der Waals surface area contributed by atoms with Crippen molar-refractivity contribution in [2.45, 2.75) is 12.3 Å². The average Bonchev–Trinajstić information content (AvgIpc) is 2.71. The topological polar surface area (TPSA) is 55.3 Å². The highest BCUT2D eigenvalue weighted by Crippen LogP contribution is 2.17. The number of nitrogens with zero attached hydrogens (tertiary/aromatic N) is 4. The van der Waals surface area contributed by atoms with E-state index in [9.17, 15) is 0 Å². The van der Waals surface area contributed by atoms with Crippen molar-refractivity contribution in [3.05, 3.63) is 12.4 Å². The van der Waals surface area contributed by atoms with Crippen molar-refractivity contribution in [1.82, 2.24) is 20.7 Å². The third-order valence-electron chi connectivity index (χ3n) is 2.15. The fraction of sp³-hybridized carbons (Fsp3) is 0.333. The molecule has 3 aliphatic heterocycles. The van der Waals surface area contributed by atoms with Gasteiger partial charge in [0.25, 0.3) is 0 Å². The van der Waals surface area contributed by atoms with Crippen LogP contribution in [0, 0.1) is 0 Å². The first-order chi connectivity index (χ1) is 5.95. The van der Waals surface area contributed by atoms with Crippen molar-refractivity contribution in [2.24, 2.45) is 10.2 Å². The molecule has 2 atom stereocenters. The maximum absolute atomic E-state index is 3.97. The van der Waals surface area contributed by atoms with Crippen molar-refractivity contribution in [2.75, 3.05) is 0 Å². The number of nitrogens with one attached hydrogen (secondary N) is 2. The van der Waals surface area contributed by atoms with Gasteiger partial charge in [-0.3, -0.25) is 10.9 Å². The minimum Gasteiger partial charge on any atom is -0.310 e. The normalized spacial score (nSPS) is 34.7. The molecule has 62 valence electrons. The Hall–Kier alpha value is -1.72. The summed E-state index contributed by atoms with van der Waals surface area (Å²) in [6.45, 7) is 0. The monoisotopic (exact) mass is 164 g/mol. The van der Waals surface area contributed by atoms with Gasteiger partial charge in [-0.1, -0.05) is 0 Å². The Labute approximate surface area is 69.2 Å². The smallest absolute Gasteiger partial charge is 0.161 e. The van der Waals surface area contributed by atoms with Gasteiger partial charge in [0, 0.05) is 12.4 Å². The van der Waals surface area contributed by atoms with E-state index in [2.05, 4.69) is 21.1 Å². The molecule has 3 heterocycles. The first kappa shape index (κ1) is 5.87. The molecule has 0 saturated carbocycles. The van der Waals surface area contributed by atoms with Crippen molar-refractivity contribution >= 4 is 12.7 Å². The van der Waals surface area contributed by atoms with E-state index < -0.39 is 0 Å². The van der Waals surface area contributed by atoms with Crippen LogP contribution < -0.4 is 10.9 Å². The third-order valence-corrected chi connectivity index (χ3v) is 2.15. The molecular weight excluding hydrogens is 156 g/mol. The van der Waals surface area contributed by atoms with Gasteiger partial charge in [0.15, 0.2) is 12.3 Å². The van der Waals surface area contributed by atoms with Crippen LogP contribution in [0.3, 0.4) is 0 Å². The van der Waals surface area contributed by atoms with Crippen LogP contribution in [0.2, 0.25) is 0 Å². The van der Waals surface area contributed by atoms with Gasteiger partial charge in [0.05, 0.1) is 0 Å². The summed E-state index contributed by atoms with van der Waals surface area (Å²) in [6.07, 6.45) is 7.75. The van der Waals surface area contributed by atoms with Crippen LogP contribution in [0.5, 0.6) is 0 Å². The Bertz CT molecular complexity index is 254. The van der Waals surface area contributed by atoms with Gasteiger partial charge in [-0.2, -0.15) is 10.2 Å². The Morgan fingerprint density at radius 1 is 0.917 bits per heavy atom. The highest BCUT2D eigenvalue weighted by Gasteiger charge is 2.36. The molecule has 0 aromatic rings. The van der Waals surface area contributed by atoms with Crippen LogP contribution >= 0.6 is 0 Å². The quantitative estimate of drug-likeness (QED) is 0.473. The molecule has 0 aliphatic carbocycles. The highest BCUT2D eigenvalue weighted by atomic mass is 15.6. The van der Waals surface area contributed by atoms with E-state index in [0.29, 0.717) is 0 Å². The lowest BCUT2D eigenvalue weighted by molar-refractivity contribution is 0.195. The van der Waals surface area contributed by atoms with Crippen molar-refractivity contribution in [3.63, 3.8) is 0 Å². The molecular formula is C6H8N6. The fourth-order valence-electron chi connectivity index (χ4n) is 1.51. The third kappa shape index (κ3) is 0.590. The second-order valence-corrected chi connectivity index (χ2v) is 2.83. The summed E-state index contributed by atoms with van der Waals surface area (Å²) in [7, 11) is 0. The second-order valence-electron chi connectivity index (χ2n) is 2.83. The minimum atomic E-state index is 0.150. The van der Waals surface area contributed by atoms with Gasteiger partial charge in [-0.05, 0) is 0 Å². The fourth-order valence-corrected chi connectivity index (χ4v) is 1.51. The predicted molar refractivity (Wildman–Crippen MR) is 43.6 cm³/mol. The van der Waals surface area contributed by atoms with E-state index in [1.54, 1.807) is 12.7 Å². The van der Waals surface area contributed by atoms with Crippen molar-refractivity contribution in [1.29, 1.82) is 0 Å². The van der Waals surface area contributed by atoms with Gasteiger partial charge in [0.1, 0.15) is 12.7 Å². The largest absolute Gasteiger partial charge is 0.310 e. The number of rotatable bonds is 0. The molecule has 0 aromatic heterocycles. The Morgan fingerprint density at radius 3 is 1.92 bits per heavy atom. The van der Waals surface area contributed by atoms with Gasteiger partial charge >= 0.3 is 0 Å². The average molecular weight is 164 g/mol. The first-order valence-electron chi connectivity index (χ1n) is 3.76. The number of hydrogen-bond donors (Lipinski definition) is 2. The molecule has 3 aliphatic rings. The standard InChI is InChI=1S/C6H8N6/c1-2-12-4-8-10-6(12)5-9-7-3-11(1)5/h1-6,9-10H. The Balaban J connectivity index is 1.94. The summed E-state index contributed by atoms with van der Waals surface area (Å²) in [6, 6.07) is 0. The zero-order valence-corrected chi connectivity index (χ0v) is 6.25. The van der Waals surface area contributed by atoms with E-state index in [4.69, 9.17) is 0 Å². The van der Waals surface area contributed by atoms with Gasteiger partial charge in [-0.25, -0.2) is 0 Å². The molecule has 2 N–H and O–H groups in total. The van der Waals surface area contributed by atoms with E-state index in [1.807, 2.05) is 22.2 Å². The van der Waals surface area contributed by atoms with Gasteiger partial charge in [0.2, 0.25) is 0 Å². The van der Waals surface area contributed by atoms with Crippen LogP contribution in [-0.2, 0) is 0 Å². The van der Waals surface area contributed by atoms with E-state index >= 15 is 0 Å². The molecule has 0 saturated heterocycles.